The Kier molecular flexibility index (Phi) is 7.49. The molecule has 0 bridgehead atoms. The third-order valence-electron chi connectivity index (χ3n) is 6.39. The first-order valence-electron chi connectivity index (χ1n) is 11.6. The number of benzene rings is 2. The third-order valence-corrected chi connectivity index (χ3v) is 6.39. The molecule has 8 heteroatoms. The van der Waals surface area contributed by atoms with Gasteiger partial charge in [-0.2, -0.15) is 0 Å². The van der Waals surface area contributed by atoms with E-state index in [0.29, 0.717) is 16.9 Å². The zero-order valence-electron chi connectivity index (χ0n) is 20.0. The zero-order chi connectivity index (χ0) is 24.1. The lowest BCUT2D eigenvalue weighted by Gasteiger charge is -2.35. The SMILES string of the molecule is CCN1CCN(c2ccc(NC3=C(c4ccc(OC)cc4)C(=O)N(CCOC)C3=O)cc2)CC1. The number of anilines is 2. The molecule has 0 aromatic heterocycles. The van der Waals surface area contributed by atoms with Crippen LogP contribution in [0.25, 0.3) is 5.57 Å². The average Bonchev–Trinajstić information content (AvgIpc) is 3.11. The number of nitrogens with zero attached hydrogens (tertiary/aromatic N) is 3. The number of carbonyl (C=O) groups excluding carboxylic acids is 2. The van der Waals surface area contributed by atoms with Crippen molar-refractivity contribution in [2.45, 2.75) is 6.92 Å². The van der Waals surface area contributed by atoms with Gasteiger partial charge in [0.25, 0.3) is 11.8 Å². The molecule has 2 aliphatic rings. The van der Waals surface area contributed by atoms with Crippen molar-refractivity contribution < 1.29 is 19.1 Å². The first kappa shape index (κ1) is 23.8. The summed E-state index contributed by atoms with van der Waals surface area (Å²) in [7, 11) is 3.14. The van der Waals surface area contributed by atoms with Gasteiger partial charge in [-0.15, -0.1) is 0 Å². The maximum Gasteiger partial charge on any atom is 0.278 e. The molecule has 1 saturated heterocycles. The van der Waals surface area contributed by atoms with Crippen LogP contribution in [0.5, 0.6) is 5.75 Å². The third kappa shape index (κ3) is 4.93. The molecular formula is C26H32N4O4. The number of likely N-dealkylation sites (N-methyl/N-ethyl adjacent to an activating group) is 1. The van der Waals surface area contributed by atoms with Gasteiger partial charge in [-0.3, -0.25) is 14.5 Å². The summed E-state index contributed by atoms with van der Waals surface area (Å²) in [5.74, 6) is -0.00464. The number of ether oxygens (including phenoxy) is 2. The Morgan fingerprint density at radius 1 is 0.882 bits per heavy atom. The van der Waals surface area contributed by atoms with Crippen molar-refractivity contribution in [1.82, 2.24) is 9.80 Å². The highest BCUT2D eigenvalue weighted by Crippen LogP contribution is 2.32. The van der Waals surface area contributed by atoms with Gasteiger partial charge in [-0.1, -0.05) is 19.1 Å². The number of methoxy groups -OCH3 is 2. The van der Waals surface area contributed by atoms with E-state index in [2.05, 4.69) is 34.2 Å². The minimum Gasteiger partial charge on any atom is -0.497 e. The topological polar surface area (TPSA) is 74.3 Å². The predicted molar refractivity (Wildman–Crippen MR) is 133 cm³/mol. The van der Waals surface area contributed by atoms with Gasteiger partial charge in [-0.25, -0.2) is 0 Å². The highest BCUT2D eigenvalue weighted by molar-refractivity contribution is 6.36. The van der Waals surface area contributed by atoms with E-state index < -0.39 is 0 Å². The van der Waals surface area contributed by atoms with E-state index in [4.69, 9.17) is 9.47 Å². The largest absolute Gasteiger partial charge is 0.497 e. The molecule has 2 aliphatic heterocycles. The zero-order valence-corrected chi connectivity index (χ0v) is 20.0. The number of nitrogens with one attached hydrogen (secondary N) is 1. The monoisotopic (exact) mass is 464 g/mol. The number of piperazine rings is 1. The Morgan fingerprint density at radius 2 is 1.56 bits per heavy atom. The van der Waals surface area contributed by atoms with Crippen LogP contribution in [-0.2, 0) is 14.3 Å². The highest BCUT2D eigenvalue weighted by Gasteiger charge is 2.39. The second-order valence-electron chi connectivity index (χ2n) is 8.33. The van der Waals surface area contributed by atoms with Crippen LogP contribution in [0, 0.1) is 0 Å². The number of hydrogen-bond donors (Lipinski definition) is 1. The summed E-state index contributed by atoms with van der Waals surface area (Å²) in [4.78, 5) is 32.4. The first-order valence-corrected chi connectivity index (χ1v) is 11.6. The van der Waals surface area contributed by atoms with Crippen LogP contribution in [0.4, 0.5) is 11.4 Å². The van der Waals surface area contributed by atoms with Gasteiger partial charge >= 0.3 is 0 Å². The van der Waals surface area contributed by atoms with Crippen LogP contribution in [0.2, 0.25) is 0 Å². The second-order valence-corrected chi connectivity index (χ2v) is 8.33. The molecule has 8 nitrogen and oxygen atoms in total. The molecule has 34 heavy (non-hydrogen) atoms. The van der Waals surface area contributed by atoms with Crippen LogP contribution in [0.1, 0.15) is 12.5 Å². The maximum absolute atomic E-state index is 13.2. The van der Waals surface area contributed by atoms with Crippen LogP contribution in [0.3, 0.4) is 0 Å². The van der Waals surface area contributed by atoms with Gasteiger partial charge in [0, 0.05) is 44.7 Å². The van der Waals surface area contributed by atoms with Gasteiger partial charge in [-0.05, 0) is 48.5 Å². The van der Waals surface area contributed by atoms with Crippen molar-refractivity contribution >= 4 is 28.8 Å². The van der Waals surface area contributed by atoms with E-state index in [0.717, 1.165) is 44.1 Å². The molecule has 0 atom stereocenters. The molecule has 2 aromatic rings. The molecule has 0 aliphatic carbocycles. The number of amides is 2. The average molecular weight is 465 g/mol. The molecule has 2 amide bonds. The fraction of sp³-hybridized carbons (Fsp3) is 0.385. The Balaban J connectivity index is 1.58. The summed E-state index contributed by atoms with van der Waals surface area (Å²) in [6.45, 7) is 7.85. The van der Waals surface area contributed by atoms with E-state index in [1.807, 2.05) is 12.1 Å². The molecule has 1 N–H and O–H groups in total. The fourth-order valence-corrected chi connectivity index (χ4v) is 4.33. The number of hydrogen-bond acceptors (Lipinski definition) is 7. The fourth-order valence-electron chi connectivity index (χ4n) is 4.33. The van der Waals surface area contributed by atoms with Crippen molar-refractivity contribution in [3.63, 3.8) is 0 Å². The Hall–Kier alpha value is -3.36. The molecule has 0 spiro atoms. The van der Waals surface area contributed by atoms with Gasteiger partial charge in [0.1, 0.15) is 11.4 Å². The first-order chi connectivity index (χ1) is 16.5. The number of rotatable bonds is 9. The lowest BCUT2D eigenvalue weighted by Crippen LogP contribution is -2.46. The van der Waals surface area contributed by atoms with E-state index in [1.54, 1.807) is 38.5 Å². The lowest BCUT2D eigenvalue weighted by molar-refractivity contribution is -0.137. The summed E-state index contributed by atoms with van der Waals surface area (Å²) in [6.07, 6.45) is 0. The molecule has 180 valence electrons. The molecule has 1 fully saturated rings. The molecule has 0 saturated carbocycles. The summed E-state index contributed by atoms with van der Waals surface area (Å²) >= 11 is 0. The number of imide groups is 1. The Morgan fingerprint density at radius 3 is 2.15 bits per heavy atom. The standard InChI is InChI=1S/C26H32N4O4/c1-4-28-13-15-29(16-14-28)21-9-7-20(8-10-21)27-24-23(19-5-11-22(34-3)12-6-19)25(31)30(26(24)32)17-18-33-2/h5-12,27H,4,13-18H2,1-3H3. The lowest BCUT2D eigenvalue weighted by atomic mass is 10.0. The van der Waals surface area contributed by atoms with Crippen LogP contribution in [0.15, 0.2) is 54.2 Å². The van der Waals surface area contributed by atoms with Crippen molar-refractivity contribution in [3.8, 4) is 5.75 Å². The summed E-state index contributed by atoms with van der Waals surface area (Å²) in [5.41, 5.74) is 3.19. The normalized spacial score (nSPS) is 17.0. The van der Waals surface area contributed by atoms with E-state index in [9.17, 15) is 9.59 Å². The summed E-state index contributed by atoms with van der Waals surface area (Å²) in [6, 6.07) is 15.2. The smallest absolute Gasteiger partial charge is 0.278 e. The van der Waals surface area contributed by atoms with Gasteiger partial charge in [0.05, 0.1) is 25.8 Å². The van der Waals surface area contributed by atoms with Crippen LogP contribution >= 0.6 is 0 Å². The van der Waals surface area contributed by atoms with Crippen molar-refractivity contribution in [1.29, 1.82) is 0 Å². The van der Waals surface area contributed by atoms with Crippen molar-refractivity contribution in [2.24, 2.45) is 0 Å². The van der Waals surface area contributed by atoms with E-state index in [1.165, 1.54) is 4.90 Å². The Labute approximate surface area is 200 Å². The quantitative estimate of drug-likeness (QED) is 0.572. The van der Waals surface area contributed by atoms with Gasteiger partial charge < -0.3 is 24.6 Å². The summed E-state index contributed by atoms with van der Waals surface area (Å²) < 4.78 is 10.3. The molecule has 0 unspecified atom stereocenters. The van der Waals surface area contributed by atoms with Gasteiger partial charge in [0.2, 0.25) is 0 Å². The number of carbonyl (C=O) groups is 2. The van der Waals surface area contributed by atoms with Crippen molar-refractivity contribution in [3.05, 3.63) is 59.8 Å². The molecule has 2 aromatic carbocycles. The molecule has 4 rings (SSSR count). The maximum atomic E-state index is 13.2. The highest BCUT2D eigenvalue weighted by atomic mass is 16.5. The van der Waals surface area contributed by atoms with Crippen LogP contribution < -0.4 is 15.0 Å². The second kappa shape index (κ2) is 10.7. The summed E-state index contributed by atoms with van der Waals surface area (Å²) in [5, 5.41) is 3.22. The van der Waals surface area contributed by atoms with E-state index >= 15 is 0 Å². The minimum absolute atomic E-state index is 0.196. The van der Waals surface area contributed by atoms with Crippen molar-refractivity contribution in [2.75, 3.05) is 70.3 Å². The Bertz CT molecular complexity index is 1040. The van der Waals surface area contributed by atoms with Gasteiger partial charge in [0.15, 0.2) is 0 Å². The van der Waals surface area contributed by atoms with E-state index in [-0.39, 0.29) is 30.7 Å². The molecule has 2 heterocycles. The predicted octanol–water partition coefficient (Wildman–Crippen LogP) is 2.68. The molecular weight excluding hydrogens is 432 g/mol. The molecule has 0 radical (unpaired) electrons. The minimum atomic E-state index is -0.354. The van der Waals surface area contributed by atoms with Crippen LogP contribution in [-0.4, -0.2) is 81.7 Å².